The fourth-order valence-corrected chi connectivity index (χ4v) is 3.11. The Morgan fingerprint density at radius 3 is 2.25 bits per heavy atom. The monoisotopic (exact) mass is 383 g/mol. The van der Waals surface area contributed by atoms with Crippen LogP contribution in [0.1, 0.15) is 39.9 Å². The zero-order chi connectivity index (χ0) is 21.3. The molecule has 152 valence electrons. The van der Waals surface area contributed by atoms with Crippen molar-refractivity contribution in [1.82, 2.24) is 10.2 Å². The number of benzene rings is 1. The highest BCUT2D eigenvalue weighted by atomic mass is 16.1. The number of amides is 2. The second kappa shape index (κ2) is 11.2. The second-order valence-corrected chi connectivity index (χ2v) is 7.26. The Bertz CT molecular complexity index is 740. The summed E-state index contributed by atoms with van der Waals surface area (Å²) in [7, 11) is 4.00. The van der Waals surface area contributed by atoms with Crippen LogP contribution in [-0.2, 0) is 11.2 Å². The summed E-state index contributed by atoms with van der Waals surface area (Å²) < 4.78 is 0. The molecule has 0 heterocycles. The minimum atomic E-state index is -0.418. The van der Waals surface area contributed by atoms with Crippen molar-refractivity contribution >= 4 is 11.8 Å². The zero-order valence-electron chi connectivity index (χ0n) is 17.5. The van der Waals surface area contributed by atoms with Gasteiger partial charge in [0.2, 0.25) is 11.8 Å². The highest BCUT2D eigenvalue weighted by Crippen LogP contribution is 2.19. The smallest absolute Gasteiger partial charge is 0.248 e. The molecule has 28 heavy (non-hydrogen) atoms. The number of hydrogen-bond donors (Lipinski definition) is 2. The summed E-state index contributed by atoms with van der Waals surface area (Å²) >= 11 is 0. The molecule has 0 bridgehead atoms. The molecular weight excluding hydrogens is 350 g/mol. The van der Waals surface area contributed by atoms with Crippen molar-refractivity contribution in [2.24, 2.45) is 5.73 Å². The average Bonchev–Trinajstić information content (AvgIpc) is 2.63. The number of primary amides is 1. The molecule has 0 radical (unpaired) electrons. The summed E-state index contributed by atoms with van der Waals surface area (Å²) in [5.74, 6) is -0.403. The lowest BCUT2D eigenvalue weighted by Crippen LogP contribution is -2.41. The summed E-state index contributed by atoms with van der Waals surface area (Å²) in [6, 6.07) is 3.81. The largest absolute Gasteiger partial charge is 0.366 e. The number of carbonyl (C=O) groups is 2. The minimum absolute atomic E-state index is 0.0150. The molecule has 0 aliphatic heterocycles. The van der Waals surface area contributed by atoms with Crippen molar-refractivity contribution in [2.45, 2.75) is 39.2 Å². The van der Waals surface area contributed by atoms with E-state index in [1.807, 2.05) is 46.2 Å². The fourth-order valence-electron chi connectivity index (χ4n) is 3.11. The Morgan fingerprint density at radius 2 is 1.79 bits per heavy atom. The second-order valence-electron chi connectivity index (χ2n) is 7.26. The van der Waals surface area contributed by atoms with Gasteiger partial charge in [0.15, 0.2) is 0 Å². The summed E-state index contributed by atoms with van der Waals surface area (Å²) in [6.07, 6.45) is 7.14. The van der Waals surface area contributed by atoms with Crippen molar-refractivity contribution in [3.05, 3.63) is 71.3 Å². The molecule has 0 fully saturated rings. The molecule has 0 saturated carbocycles. The van der Waals surface area contributed by atoms with Crippen LogP contribution < -0.4 is 11.1 Å². The lowest BCUT2D eigenvalue weighted by Gasteiger charge is -2.26. The third-order valence-corrected chi connectivity index (χ3v) is 4.92. The van der Waals surface area contributed by atoms with Crippen LogP contribution in [0.5, 0.6) is 0 Å². The number of aryl methyl sites for hydroxylation is 2. The summed E-state index contributed by atoms with van der Waals surface area (Å²) in [5.41, 5.74) is 10.2. The number of nitrogens with zero attached hydrogens (tertiary/aromatic N) is 1. The van der Waals surface area contributed by atoms with Gasteiger partial charge in [-0.3, -0.25) is 9.59 Å². The first-order valence-electron chi connectivity index (χ1n) is 9.46. The third-order valence-electron chi connectivity index (χ3n) is 4.92. The highest BCUT2D eigenvalue weighted by Gasteiger charge is 2.17. The summed E-state index contributed by atoms with van der Waals surface area (Å²) in [6.45, 7) is 11.9. The van der Waals surface area contributed by atoms with Gasteiger partial charge in [0.05, 0.1) is 0 Å². The first-order valence-corrected chi connectivity index (χ1v) is 9.46. The van der Waals surface area contributed by atoms with Crippen LogP contribution >= 0.6 is 0 Å². The molecule has 1 rings (SSSR count). The maximum absolute atomic E-state index is 12.2. The van der Waals surface area contributed by atoms with Crippen LogP contribution in [0.3, 0.4) is 0 Å². The van der Waals surface area contributed by atoms with Gasteiger partial charge in [-0.25, -0.2) is 0 Å². The molecule has 0 spiro atoms. The third kappa shape index (κ3) is 7.16. The van der Waals surface area contributed by atoms with E-state index in [9.17, 15) is 9.59 Å². The van der Waals surface area contributed by atoms with Crippen LogP contribution in [0.2, 0.25) is 0 Å². The molecule has 0 aromatic heterocycles. The van der Waals surface area contributed by atoms with Crippen LogP contribution in [-0.4, -0.2) is 43.4 Å². The van der Waals surface area contributed by atoms with E-state index in [0.717, 1.165) is 23.1 Å². The van der Waals surface area contributed by atoms with Crippen LogP contribution in [0.4, 0.5) is 0 Å². The number of rotatable bonds is 11. The van der Waals surface area contributed by atoms with Crippen molar-refractivity contribution < 1.29 is 9.59 Å². The topological polar surface area (TPSA) is 75.4 Å². The number of allylic oxidation sites excluding steroid dienone is 4. The van der Waals surface area contributed by atoms with E-state index < -0.39 is 5.91 Å². The molecular formula is C23H33N3O2. The number of nitrogens with one attached hydrogen (secondary N) is 1. The maximum atomic E-state index is 12.2. The highest BCUT2D eigenvalue weighted by molar-refractivity contribution is 5.93. The maximum Gasteiger partial charge on any atom is 0.248 e. The van der Waals surface area contributed by atoms with Gasteiger partial charge in [-0.1, -0.05) is 31.4 Å². The van der Waals surface area contributed by atoms with E-state index in [2.05, 4.69) is 23.4 Å². The van der Waals surface area contributed by atoms with Crippen LogP contribution in [0, 0.1) is 13.8 Å². The Labute approximate surface area is 169 Å². The van der Waals surface area contributed by atoms with E-state index in [-0.39, 0.29) is 11.9 Å². The predicted octanol–water partition coefficient (Wildman–Crippen LogP) is 3.07. The lowest BCUT2D eigenvalue weighted by atomic mass is 9.93. The number of hydrogen-bond acceptors (Lipinski definition) is 3. The molecule has 0 aliphatic carbocycles. The molecule has 5 heteroatoms. The quantitative estimate of drug-likeness (QED) is 0.577. The molecule has 1 atom stereocenters. The van der Waals surface area contributed by atoms with Gasteiger partial charge >= 0.3 is 0 Å². The summed E-state index contributed by atoms with van der Waals surface area (Å²) in [5, 5.41) is 3.03. The molecule has 1 aromatic carbocycles. The van der Waals surface area contributed by atoms with Crippen molar-refractivity contribution in [3.8, 4) is 0 Å². The van der Waals surface area contributed by atoms with Gasteiger partial charge in [-0.2, -0.15) is 0 Å². The van der Waals surface area contributed by atoms with Crippen LogP contribution in [0.15, 0.2) is 49.1 Å². The minimum Gasteiger partial charge on any atom is -0.366 e. The van der Waals surface area contributed by atoms with Gasteiger partial charge in [0, 0.05) is 24.6 Å². The van der Waals surface area contributed by atoms with Gasteiger partial charge in [0.1, 0.15) is 0 Å². The Hall–Kier alpha value is -2.66. The number of carbonyl (C=O) groups excluding carboxylic acids is 2. The normalized spacial score (nSPS) is 12.5. The fraction of sp³-hybridized carbons (Fsp3) is 0.391. The van der Waals surface area contributed by atoms with Crippen molar-refractivity contribution in [3.63, 3.8) is 0 Å². The zero-order valence-corrected chi connectivity index (χ0v) is 17.5. The Morgan fingerprint density at radius 1 is 1.18 bits per heavy atom. The predicted molar refractivity (Wildman–Crippen MR) is 116 cm³/mol. The molecule has 3 N–H and O–H groups in total. The van der Waals surface area contributed by atoms with Crippen LogP contribution in [0.25, 0.3) is 0 Å². The summed E-state index contributed by atoms with van der Waals surface area (Å²) in [4.78, 5) is 25.8. The van der Waals surface area contributed by atoms with Gasteiger partial charge < -0.3 is 16.0 Å². The van der Waals surface area contributed by atoms with Crippen molar-refractivity contribution in [1.29, 1.82) is 0 Å². The SMILES string of the molecule is C=C/C=C(\C=C)CCC(=O)NCC(Cc1c(C)cc(C(N)=O)cc1C)N(C)C. The average molecular weight is 384 g/mol. The standard InChI is InChI=1S/C23H33N3O2/c1-7-9-18(8-2)10-11-22(27)25-15-20(26(5)6)14-21-16(3)12-19(23(24)28)13-17(21)4/h7-9,12-13,20H,1-2,10-11,14-15H2,3-6H3,(H2,24,28)(H,25,27)/b18-9+. The molecule has 0 aliphatic rings. The van der Waals surface area contributed by atoms with Gasteiger partial charge in [0.25, 0.3) is 0 Å². The van der Waals surface area contributed by atoms with E-state index >= 15 is 0 Å². The first-order chi connectivity index (χ1) is 13.2. The van der Waals surface area contributed by atoms with Gasteiger partial charge in [-0.15, -0.1) is 0 Å². The van der Waals surface area contributed by atoms with Crippen molar-refractivity contribution in [2.75, 3.05) is 20.6 Å². The molecule has 1 unspecified atom stereocenters. The molecule has 1 aromatic rings. The number of likely N-dealkylation sites (N-methyl/N-ethyl adjacent to an activating group) is 1. The van der Waals surface area contributed by atoms with E-state index in [4.69, 9.17) is 5.73 Å². The molecule has 2 amide bonds. The Kier molecular flexibility index (Phi) is 9.39. The first kappa shape index (κ1) is 23.4. The van der Waals surface area contributed by atoms with E-state index in [1.165, 1.54) is 5.56 Å². The lowest BCUT2D eigenvalue weighted by molar-refractivity contribution is -0.121. The molecule has 0 saturated heterocycles. The van der Waals surface area contributed by atoms with Gasteiger partial charge in [-0.05, 0) is 75.2 Å². The van der Waals surface area contributed by atoms with E-state index in [1.54, 1.807) is 12.2 Å². The number of nitrogens with two attached hydrogens (primary N) is 1. The Balaban J connectivity index is 2.76. The molecule has 5 nitrogen and oxygen atoms in total. The van der Waals surface area contributed by atoms with E-state index in [0.29, 0.717) is 24.9 Å².